The summed E-state index contributed by atoms with van der Waals surface area (Å²) in [6.45, 7) is 5.46. The molecule has 46 heavy (non-hydrogen) atoms. The first-order valence-corrected chi connectivity index (χ1v) is 15.7. The Hall–Kier alpha value is -3.84. The van der Waals surface area contributed by atoms with E-state index in [0.717, 1.165) is 12.1 Å². The fourth-order valence-electron chi connectivity index (χ4n) is 4.77. The van der Waals surface area contributed by atoms with E-state index < -0.39 is 113 Å². The van der Waals surface area contributed by atoms with Gasteiger partial charge in [-0.15, -0.1) is 0 Å². The number of aliphatic carboxylic acids is 2. The number of benzene rings is 1. The molecule has 1 aliphatic heterocycles. The highest BCUT2D eigenvalue weighted by Crippen LogP contribution is 2.39. The third-order valence-corrected chi connectivity index (χ3v) is 9.15. The maximum atomic E-state index is 13.5. The summed E-state index contributed by atoms with van der Waals surface area (Å²) in [6.07, 6.45) is -3.71. The molecule has 18 heteroatoms. The molecule has 1 aliphatic rings. The molecular formula is C28H43N5O12S. The minimum absolute atomic E-state index is 0.00266. The van der Waals surface area contributed by atoms with Crippen molar-refractivity contribution in [3.05, 3.63) is 17.7 Å². The number of nitrogens with two attached hydrogens (primary N) is 1. The fraction of sp³-hybridized carbons (Fsp3) is 0.607. The molecule has 11 N–H and O–H groups in total. The van der Waals surface area contributed by atoms with Gasteiger partial charge in [0.25, 0.3) is 0 Å². The molecule has 1 heterocycles. The molecule has 0 saturated carbocycles. The third-order valence-electron chi connectivity index (χ3n) is 7.62. The SMILES string of the molecule is CC[C@@]1(C)Oc2cc(c([S@](=O)C[C@@H](O)C[C@H](N)C(=O)O)cc2O)[C@@H](O)[C@H](NC)C(=O)N[C@@H](C(C)C)C(=O)N[C@@H]1C(=O)NCC(=O)O. The number of likely N-dealkylation sites (N-methyl/N-ethyl adjacent to an activating group) is 1. The molecule has 258 valence electrons. The highest BCUT2D eigenvalue weighted by atomic mass is 32.2. The van der Waals surface area contributed by atoms with E-state index in [2.05, 4.69) is 21.3 Å². The van der Waals surface area contributed by atoms with Crippen molar-refractivity contribution < 1.29 is 58.5 Å². The first-order valence-electron chi connectivity index (χ1n) is 14.4. The normalized spacial score (nSPS) is 25.8. The van der Waals surface area contributed by atoms with Gasteiger partial charge in [-0.25, -0.2) is 0 Å². The lowest BCUT2D eigenvalue weighted by atomic mass is 9.91. The molecule has 3 amide bonds. The minimum atomic E-state index is -2.21. The van der Waals surface area contributed by atoms with Gasteiger partial charge >= 0.3 is 11.9 Å². The van der Waals surface area contributed by atoms with E-state index in [4.69, 9.17) is 20.7 Å². The summed E-state index contributed by atoms with van der Waals surface area (Å²) in [5, 5.41) is 61.0. The monoisotopic (exact) mass is 673 g/mol. The van der Waals surface area contributed by atoms with Gasteiger partial charge in [0.2, 0.25) is 17.7 Å². The van der Waals surface area contributed by atoms with Gasteiger partial charge in [0.05, 0.1) is 22.7 Å². The van der Waals surface area contributed by atoms with E-state index in [1.165, 1.54) is 14.0 Å². The average molecular weight is 674 g/mol. The summed E-state index contributed by atoms with van der Waals surface area (Å²) in [5.74, 6) is -7.46. The Bertz CT molecular complexity index is 1340. The second-order valence-corrected chi connectivity index (χ2v) is 12.9. The Morgan fingerprint density at radius 3 is 2.30 bits per heavy atom. The largest absolute Gasteiger partial charge is 0.504 e. The number of nitrogens with one attached hydrogen (secondary N) is 4. The smallest absolute Gasteiger partial charge is 0.322 e. The van der Waals surface area contributed by atoms with Crippen LogP contribution in [0.25, 0.3) is 0 Å². The first-order chi connectivity index (χ1) is 21.4. The molecule has 0 aliphatic carbocycles. The average Bonchev–Trinajstić information content (AvgIpc) is 2.97. The van der Waals surface area contributed by atoms with Gasteiger partial charge in [0.15, 0.2) is 11.5 Å². The summed E-state index contributed by atoms with van der Waals surface area (Å²) in [5.41, 5.74) is 3.61. The molecule has 0 radical (unpaired) electrons. The van der Waals surface area contributed by atoms with Crippen LogP contribution in [0.3, 0.4) is 0 Å². The van der Waals surface area contributed by atoms with Gasteiger partial charge in [-0.05, 0) is 32.4 Å². The van der Waals surface area contributed by atoms with Crippen LogP contribution < -0.4 is 31.7 Å². The quantitative estimate of drug-likeness (QED) is 0.111. The number of ether oxygens (including phenoxy) is 1. The van der Waals surface area contributed by atoms with Crippen LogP contribution in [0.2, 0.25) is 0 Å². The Kier molecular flexibility index (Phi) is 13.4. The summed E-state index contributed by atoms with van der Waals surface area (Å²) < 4.78 is 19.6. The highest BCUT2D eigenvalue weighted by molar-refractivity contribution is 7.85. The summed E-state index contributed by atoms with van der Waals surface area (Å²) in [4.78, 5) is 62.4. The lowest BCUT2D eigenvalue weighted by Crippen LogP contribution is -2.65. The van der Waals surface area contributed by atoms with Crippen LogP contribution in [0.4, 0.5) is 0 Å². The zero-order chi connectivity index (χ0) is 35.1. The van der Waals surface area contributed by atoms with E-state index in [1.807, 2.05) is 0 Å². The first kappa shape index (κ1) is 38.3. The van der Waals surface area contributed by atoms with Crippen molar-refractivity contribution in [2.24, 2.45) is 11.7 Å². The second kappa shape index (κ2) is 16.1. The number of carboxylic acids is 2. The fourth-order valence-corrected chi connectivity index (χ4v) is 6.12. The Labute approximate surface area is 267 Å². The lowest BCUT2D eigenvalue weighted by Gasteiger charge is -2.38. The van der Waals surface area contributed by atoms with Gasteiger partial charge in [-0.2, -0.15) is 0 Å². The lowest BCUT2D eigenvalue weighted by molar-refractivity contribution is -0.141. The number of hydrogen-bond acceptors (Lipinski definition) is 12. The molecule has 0 fully saturated rings. The number of phenolic OH excluding ortho intramolecular Hbond substituents is 1. The number of aromatic hydroxyl groups is 1. The molecule has 2 rings (SSSR count). The van der Waals surface area contributed by atoms with E-state index in [9.17, 15) is 43.5 Å². The molecule has 0 saturated heterocycles. The van der Waals surface area contributed by atoms with Crippen molar-refractivity contribution in [2.45, 2.75) is 87.4 Å². The second-order valence-electron chi connectivity index (χ2n) is 11.5. The van der Waals surface area contributed by atoms with Crippen LogP contribution in [-0.2, 0) is 34.8 Å². The van der Waals surface area contributed by atoms with Crippen molar-refractivity contribution in [3.63, 3.8) is 0 Å². The minimum Gasteiger partial charge on any atom is -0.504 e. The van der Waals surface area contributed by atoms with Crippen molar-refractivity contribution >= 4 is 40.5 Å². The summed E-state index contributed by atoms with van der Waals surface area (Å²) >= 11 is 0. The number of amides is 3. The van der Waals surface area contributed by atoms with Gasteiger partial charge < -0.3 is 57.3 Å². The van der Waals surface area contributed by atoms with Crippen molar-refractivity contribution in [2.75, 3.05) is 19.3 Å². The number of phenols is 1. The van der Waals surface area contributed by atoms with Crippen LogP contribution in [0.1, 0.15) is 52.2 Å². The zero-order valence-electron chi connectivity index (χ0n) is 26.1. The number of aliphatic hydroxyl groups is 2. The number of rotatable bonds is 12. The van der Waals surface area contributed by atoms with Crippen molar-refractivity contribution in [1.29, 1.82) is 0 Å². The van der Waals surface area contributed by atoms with Gasteiger partial charge in [0.1, 0.15) is 42.4 Å². The van der Waals surface area contributed by atoms with Gasteiger partial charge in [-0.1, -0.05) is 20.8 Å². The van der Waals surface area contributed by atoms with Crippen molar-refractivity contribution in [3.8, 4) is 11.5 Å². The maximum absolute atomic E-state index is 13.5. The van der Waals surface area contributed by atoms with Crippen LogP contribution in [0.15, 0.2) is 17.0 Å². The molecular weight excluding hydrogens is 630 g/mol. The third kappa shape index (κ3) is 9.35. The number of hydrogen-bond donors (Lipinski definition) is 10. The predicted molar refractivity (Wildman–Crippen MR) is 162 cm³/mol. The van der Waals surface area contributed by atoms with E-state index in [1.54, 1.807) is 20.8 Å². The molecule has 1 aromatic rings. The number of carboxylic acid groups (broad SMARTS) is 2. The predicted octanol–water partition coefficient (Wildman–Crippen LogP) is -2.33. The molecule has 8 atom stereocenters. The van der Waals surface area contributed by atoms with Crippen LogP contribution in [-0.4, -0.2) is 115 Å². The molecule has 1 aromatic carbocycles. The van der Waals surface area contributed by atoms with E-state index in [-0.39, 0.29) is 22.6 Å². The Balaban J connectivity index is 2.78. The maximum Gasteiger partial charge on any atom is 0.322 e. The van der Waals surface area contributed by atoms with E-state index >= 15 is 0 Å². The number of fused-ring (bicyclic) bond motifs is 2. The summed E-state index contributed by atoms with van der Waals surface area (Å²) in [6, 6.07) is -3.68. The van der Waals surface area contributed by atoms with Crippen molar-refractivity contribution in [1.82, 2.24) is 21.3 Å². The number of carbonyl (C=O) groups is 5. The number of aliphatic hydroxyl groups excluding tert-OH is 2. The summed E-state index contributed by atoms with van der Waals surface area (Å²) in [7, 11) is -0.859. The van der Waals surface area contributed by atoms with Crippen LogP contribution in [0, 0.1) is 5.92 Å². The van der Waals surface area contributed by atoms with E-state index in [0.29, 0.717) is 0 Å². The highest BCUT2D eigenvalue weighted by Gasteiger charge is 2.44. The Morgan fingerprint density at radius 2 is 1.78 bits per heavy atom. The Morgan fingerprint density at radius 1 is 1.15 bits per heavy atom. The molecule has 0 unspecified atom stereocenters. The van der Waals surface area contributed by atoms with Crippen LogP contribution in [0.5, 0.6) is 11.5 Å². The standard InChI is InChI=1S/C28H43N5O12S/c1-6-28(4)23(26(41)31-10-19(36)37)33-24(39)20(12(2)3)32-25(40)21(30-5)22(38)14-8-17(45-28)16(35)9-18(14)46(44)11-13(34)7-15(29)27(42)43/h8-9,12-13,15,20-23,30,34-35,38H,6-7,10-11,29H2,1-5H3,(H,31,41)(H,32,40)(H,33,39)(H,36,37)(H,42,43)/t13-,15-,20-,21-,22+,23+,28+,46+/m0/s1. The molecule has 0 aromatic heterocycles. The number of carbonyl (C=O) groups excluding carboxylic acids is 3. The molecule has 0 spiro atoms. The molecule has 17 nitrogen and oxygen atoms in total. The zero-order valence-corrected chi connectivity index (χ0v) is 26.9. The van der Waals surface area contributed by atoms with Crippen LogP contribution >= 0.6 is 0 Å². The van der Waals surface area contributed by atoms with Gasteiger partial charge in [-0.3, -0.25) is 28.2 Å². The molecule has 2 bridgehead atoms. The topological polar surface area (TPSA) is 287 Å². The van der Waals surface area contributed by atoms with Gasteiger partial charge in [0, 0.05) is 22.9 Å².